The van der Waals surface area contributed by atoms with Gasteiger partial charge >= 0.3 is 6.36 Å². The van der Waals surface area contributed by atoms with Crippen LogP contribution < -0.4 is 9.47 Å². The highest BCUT2D eigenvalue weighted by Gasteiger charge is 2.36. The topological polar surface area (TPSA) is 86.9 Å². The van der Waals surface area contributed by atoms with E-state index in [9.17, 15) is 22.4 Å². The van der Waals surface area contributed by atoms with Crippen molar-refractivity contribution in [1.82, 2.24) is 14.9 Å². The molecule has 2 aromatic rings. The number of nitrogens with zero attached hydrogens (tertiary/aromatic N) is 3. The largest absolute Gasteiger partial charge is 0.574 e. The van der Waals surface area contributed by atoms with Gasteiger partial charge in [0.25, 0.3) is 5.91 Å². The first-order valence-electron chi connectivity index (χ1n) is 8.00. The smallest absolute Gasteiger partial charge is 0.482 e. The summed E-state index contributed by atoms with van der Waals surface area (Å²) in [7, 11) is 1.37. The number of hydrogen-bond acceptors (Lipinski definition) is 7. The van der Waals surface area contributed by atoms with E-state index in [4.69, 9.17) is 13.9 Å². The van der Waals surface area contributed by atoms with Gasteiger partial charge in [-0.2, -0.15) is 0 Å². The van der Waals surface area contributed by atoms with Crippen LogP contribution in [0, 0.1) is 0 Å². The summed E-state index contributed by atoms with van der Waals surface area (Å²) in [5, 5.41) is 0. The SMILES string of the molecule is COC1CN(C(=O)c2coc(COc3ccc(OC(F)(F)F)nc3)n2)C[C@H]1F. The maximum atomic E-state index is 13.7. The number of rotatable bonds is 6. The molecule has 3 rings (SSSR count). The Hall–Kier alpha value is -2.89. The predicted molar refractivity (Wildman–Crippen MR) is 83.4 cm³/mol. The van der Waals surface area contributed by atoms with Crippen molar-refractivity contribution < 1.29 is 41.0 Å². The third-order valence-corrected chi connectivity index (χ3v) is 3.85. The molecule has 152 valence electrons. The van der Waals surface area contributed by atoms with Crippen molar-refractivity contribution >= 4 is 5.91 Å². The van der Waals surface area contributed by atoms with Crippen LogP contribution in [0.5, 0.6) is 11.6 Å². The molecule has 0 radical (unpaired) electrons. The van der Waals surface area contributed by atoms with Gasteiger partial charge < -0.3 is 23.5 Å². The first-order chi connectivity index (χ1) is 13.2. The number of hydrogen-bond donors (Lipinski definition) is 0. The minimum atomic E-state index is -4.84. The van der Waals surface area contributed by atoms with Crippen LogP contribution in [-0.2, 0) is 11.3 Å². The van der Waals surface area contributed by atoms with Gasteiger partial charge in [-0.15, -0.1) is 13.2 Å². The Labute approximate surface area is 156 Å². The maximum absolute atomic E-state index is 13.7. The zero-order valence-electron chi connectivity index (χ0n) is 14.5. The number of carbonyl (C=O) groups excluding carboxylic acids is 1. The highest BCUT2D eigenvalue weighted by Crippen LogP contribution is 2.23. The van der Waals surface area contributed by atoms with Crippen LogP contribution in [0.2, 0.25) is 0 Å². The standard InChI is InChI=1S/C16H15F4N3O5/c1-25-12-6-23(5-10(12)17)15(24)11-7-27-14(22-11)8-26-9-2-3-13(21-4-9)28-16(18,19)20/h2-4,7,10,12H,5-6,8H2,1H3/t10-,12?/m1/s1. The minimum Gasteiger partial charge on any atom is -0.482 e. The van der Waals surface area contributed by atoms with Gasteiger partial charge in [0.05, 0.1) is 19.3 Å². The highest BCUT2D eigenvalue weighted by atomic mass is 19.4. The molecule has 0 saturated carbocycles. The molecule has 3 heterocycles. The quantitative estimate of drug-likeness (QED) is 0.682. The molecule has 0 aliphatic carbocycles. The summed E-state index contributed by atoms with van der Waals surface area (Å²) in [6.45, 7) is -0.192. The number of alkyl halides is 4. The lowest BCUT2D eigenvalue weighted by Crippen LogP contribution is -2.30. The summed E-state index contributed by atoms with van der Waals surface area (Å²) in [5.41, 5.74) is -0.0189. The molecule has 1 aliphatic heterocycles. The lowest BCUT2D eigenvalue weighted by Gasteiger charge is -2.13. The van der Waals surface area contributed by atoms with Gasteiger partial charge in [-0.1, -0.05) is 0 Å². The lowest BCUT2D eigenvalue weighted by molar-refractivity contribution is -0.276. The summed E-state index contributed by atoms with van der Waals surface area (Å²) >= 11 is 0. The zero-order chi connectivity index (χ0) is 20.3. The van der Waals surface area contributed by atoms with Crippen LogP contribution >= 0.6 is 0 Å². The Balaban J connectivity index is 1.54. The minimum absolute atomic E-state index is 0.0189. The highest BCUT2D eigenvalue weighted by molar-refractivity contribution is 5.92. The van der Waals surface area contributed by atoms with Crippen LogP contribution in [0.25, 0.3) is 0 Å². The first kappa shape index (κ1) is 19.9. The second-order valence-electron chi connectivity index (χ2n) is 5.80. The molecule has 1 amide bonds. The fourth-order valence-corrected chi connectivity index (χ4v) is 2.54. The Bertz CT molecular complexity index is 811. The first-order valence-corrected chi connectivity index (χ1v) is 8.00. The van der Waals surface area contributed by atoms with E-state index in [0.29, 0.717) is 0 Å². The van der Waals surface area contributed by atoms with E-state index < -0.39 is 30.4 Å². The molecular weight excluding hydrogens is 390 g/mol. The fraction of sp³-hybridized carbons (Fsp3) is 0.438. The molecular formula is C16H15F4N3O5. The summed E-state index contributed by atoms with van der Waals surface area (Å²) in [5.74, 6) is -0.941. The van der Waals surface area contributed by atoms with Crippen LogP contribution in [0.1, 0.15) is 16.4 Å². The monoisotopic (exact) mass is 405 g/mol. The number of methoxy groups -OCH3 is 1. The van der Waals surface area contributed by atoms with Gasteiger partial charge in [0, 0.05) is 13.2 Å². The molecule has 0 bridgehead atoms. The number of carbonyl (C=O) groups is 1. The molecule has 1 unspecified atom stereocenters. The van der Waals surface area contributed by atoms with Crippen LogP contribution in [0.3, 0.4) is 0 Å². The van der Waals surface area contributed by atoms with Crippen molar-refractivity contribution in [3.63, 3.8) is 0 Å². The number of aromatic nitrogens is 2. The van der Waals surface area contributed by atoms with E-state index in [2.05, 4.69) is 14.7 Å². The molecule has 1 aliphatic rings. The van der Waals surface area contributed by atoms with E-state index in [1.165, 1.54) is 18.1 Å². The van der Waals surface area contributed by atoms with Crippen molar-refractivity contribution in [2.45, 2.75) is 25.2 Å². The molecule has 12 heteroatoms. The summed E-state index contributed by atoms with van der Waals surface area (Å²) in [6, 6.07) is 2.21. The van der Waals surface area contributed by atoms with Gasteiger partial charge in [0.1, 0.15) is 24.3 Å². The Morgan fingerprint density at radius 3 is 2.75 bits per heavy atom. The molecule has 0 N–H and O–H groups in total. The van der Waals surface area contributed by atoms with Crippen molar-refractivity contribution in [2.75, 3.05) is 20.2 Å². The Morgan fingerprint density at radius 2 is 2.14 bits per heavy atom. The number of halogens is 4. The Morgan fingerprint density at radius 1 is 1.36 bits per heavy atom. The number of oxazole rings is 1. The molecule has 0 spiro atoms. The maximum Gasteiger partial charge on any atom is 0.574 e. The molecule has 1 fully saturated rings. The number of pyridine rings is 1. The van der Waals surface area contributed by atoms with E-state index in [1.807, 2.05) is 0 Å². The van der Waals surface area contributed by atoms with Crippen molar-refractivity contribution in [1.29, 1.82) is 0 Å². The molecule has 0 aromatic carbocycles. The average Bonchev–Trinajstić information content (AvgIpc) is 3.26. The zero-order valence-corrected chi connectivity index (χ0v) is 14.5. The van der Waals surface area contributed by atoms with Gasteiger partial charge in [-0.3, -0.25) is 4.79 Å². The molecule has 2 atom stereocenters. The number of ether oxygens (including phenoxy) is 3. The van der Waals surface area contributed by atoms with Crippen LogP contribution in [0.4, 0.5) is 17.6 Å². The van der Waals surface area contributed by atoms with Gasteiger partial charge in [-0.05, 0) is 6.07 Å². The Kier molecular flexibility index (Phi) is 5.68. The van der Waals surface area contributed by atoms with Crippen molar-refractivity contribution in [2.24, 2.45) is 0 Å². The fourth-order valence-electron chi connectivity index (χ4n) is 2.54. The van der Waals surface area contributed by atoms with Crippen molar-refractivity contribution in [3.8, 4) is 11.6 Å². The van der Waals surface area contributed by atoms with E-state index in [0.717, 1.165) is 18.5 Å². The normalized spacial score (nSPS) is 19.7. The van der Waals surface area contributed by atoms with E-state index >= 15 is 0 Å². The summed E-state index contributed by atoms with van der Waals surface area (Å²) < 4.78 is 69.0. The average molecular weight is 405 g/mol. The van der Waals surface area contributed by atoms with Crippen LogP contribution in [-0.4, -0.2) is 59.6 Å². The van der Waals surface area contributed by atoms with Gasteiger partial charge in [-0.25, -0.2) is 14.4 Å². The lowest BCUT2D eigenvalue weighted by atomic mass is 10.3. The van der Waals surface area contributed by atoms with E-state index in [-0.39, 0.29) is 37.0 Å². The molecule has 1 saturated heterocycles. The summed E-state index contributed by atoms with van der Waals surface area (Å²) in [4.78, 5) is 21.0. The molecule has 28 heavy (non-hydrogen) atoms. The third kappa shape index (κ3) is 4.88. The number of likely N-dealkylation sites (tertiary alicyclic amines) is 1. The third-order valence-electron chi connectivity index (χ3n) is 3.85. The van der Waals surface area contributed by atoms with Crippen molar-refractivity contribution in [3.05, 3.63) is 36.2 Å². The van der Waals surface area contributed by atoms with Crippen LogP contribution in [0.15, 0.2) is 29.0 Å². The van der Waals surface area contributed by atoms with E-state index in [1.54, 1.807) is 0 Å². The second kappa shape index (κ2) is 8.00. The summed E-state index contributed by atoms with van der Waals surface area (Å²) in [6.07, 6.45) is -4.65. The number of amides is 1. The van der Waals surface area contributed by atoms with Gasteiger partial charge in [0.2, 0.25) is 11.8 Å². The molecule has 8 nitrogen and oxygen atoms in total. The predicted octanol–water partition coefficient (Wildman–Crippen LogP) is 2.36. The molecule has 2 aromatic heterocycles. The second-order valence-corrected chi connectivity index (χ2v) is 5.80. The van der Waals surface area contributed by atoms with Gasteiger partial charge in [0.15, 0.2) is 12.3 Å².